The van der Waals surface area contributed by atoms with Crippen molar-refractivity contribution in [3.8, 4) is 11.5 Å². The fraction of sp³-hybridized carbons (Fsp3) is 0.435. The molecule has 2 fully saturated rings. The molecule has 0 radical (unpaired) electrons. The summed E-state index contributed by atoms with van der Waals surface area (Å²) in [6, 6.07) is 9.36. The summed E-state index contributed by atoms with van der Waals surface area (Å²) >= 11 is 0. The number of likely N-dealkylation sites (tertiary alicyclic amines) is 1. The molecule has 2 aromatic rings. The molecule has 166 valence electrons. The van der Waals surface area contributed by atoms with Crippen molar-refractivity contribution >= 4 is 5.91 Å². The van der Waals surface area contributed by atoms with Crippen LogP contribution in [-0.4, -0.2) is 56.9 Å². The van der Waals surface area contributed by atoms with Crippen LogP contribution in [0.1, 0.15) is 23.5 Å². The predicted molar refractivity (Wildman–Crippen MR) is 110 cm³/mol. The first-order valence-corrected chi connectivity index (χ1v) is 10.2. The lowest BCUT2D eigenvalue weighted by atomic mass is 9.81. The van der Waals surface area contributed by atoms with Crippen LogP contribution in [0.25, 0.3) is 0 Å². The minimum Gasteiger partial charge on any atom is -0.496 e. The molecule has 2 heterocycles. The number of methoxy groups -OCH3 is 2. The Balaban J connectivity index is 1.73. The highest BCUT2D eigenvalue weighted by atomic mass is 19.1. The molecule has 0 saturated carbocycles. The zero-order chi connectivity index (χ0) is 22.0. The second kappa shape index (κ2) is 8.80. The van der Waals surface area contributed by atoms with Crippen molar-refractivity contribution in [1.82, 2.24) is 10.2 Å². The average molecular weight is 432 g/mol. The molecule has 2 aromatic carbocycles. The SMILES string of the molecule is COc1cccc(OC)c1CN1C[C@@H](c2c(F)cccc2F)[C@@]2(COCCC(=O)N2)C1. The molecule has 8 heteroatoms. The van der Waals surface area contributed by atoms with Gasteiger partial charge in [-0.3, -0.25) is 9.69 Å². The minimum atomic E-state index is -0.939. The number of hydrogen-bond donors (Lipinski definition) is 1. The van der Waals surface area contributed by atoms with E-state index in [9.17, 15) is 13.6 Å². The Kier molecular flexibility index (Phi) is 6.11. The monoisotopic (exact) mass is 432 g/mol. The van der Waals surface area contributed by atoms with Crippen LogP contribution in [0.3, 0.4) is 0 Å². The Morgan fingerprint density at radius 1 is 1.13 bits per heavy atom. The highest BCUT2D eigenvalue weighted by molar-refractivity contribution is 5.77. The van der Waals surface area contributed by atoms with Gasteiger partial charge in [-0.15, -0.1) is 0 Å². The van der Waals surface area contributed by atoms with E-state index >= 15 is 0 Å². The van der Waals surface area contributed by atoms with Gasteiger partial charge in [0.2, 0.25) is 5.91 Å². The van der Waals surface area contributed by atoms with Gasteiger partial charge < -0.3 is 19.5 Å². The molecule has 2 atom stereocenters. The number of hydrogen-bond acceptors (Lipinski definition) is 5. The van der Waals surface area contributed by atoms with Crippen LogP contribution in [0.15, 0.2) is 36.4 Å². The fourth-order valence-corrected chi connectivity index (χ4v) is 4.71. The van der Waals surface area contributed by atoms with Gasteiger partial charge in [-0.2, -0.15) is 0 Å². The van der Waals surface area contributed by atoms with Crippen LogP contribution in [0, 0.1) is 11.6 Å². The maximum Gasteiger partial charge on any atom is 0.222 e. The number of halogens is 2. The summed E-state index contributed by atoms with van der Waals surface area (Å²) in [5.74, 6) is -0.725. The van der Waals surface area contributed by atoms with E-state index in [0.29, 0.717) is 31.1 Å². The van der Waals surface area contributed by atoms with Crippen molar-refractivity contribution in [3.05, 3.63) is 59.2 Å². The summed E-state index contributed by atoms with van der Waals surface area (Å²) in [4.78, 5) is 14.5. The maximum atomic E-state index is 14.8. The number of carbonyl (C=O) groups is 1. The highest BCUT2D eigenvalue weighted by Gasteiger charge is 2.51. The van der Waals surface area contributed by atoms with E-state index in [1.54, 1.807) is 14.2 Å². The zero-order valence-corrected chi connectivity index (χ0v) is 17.6. The van der Waals surface area contributed by atoms with Crippen LogP contribution in [0.4, 0.5) is 8.78 Å². The highest BCUT2D eigenvalue weighted by Crippen LogP contribution is 2.41. The number of benzene rings is 2. The van der Waals surface area contributed by atoms with E-state index in [1.165, 1.54) is 18.2 Å². The lowest BCUT2D eigenvalue weighted by molar-refractivity contribution is -0.122. The molecular formula is C23H26F2N2O4. The van der Waals surface area contributed by atoms with E-state index in [0.717, 1.165) is 5.56 Å². The third-order valence-electron chi connectivity index (χ3n) is 6.09. The normalized spacial score (nSPS) is 24.1. The van der Waals surface area contributed by atoms with Gasteiger partial charge in [-0.05, 0) is 24.3 Å². The van der Waals surface area contributed by atoms with E-state index in [-0.39, 0.29) is 31.1 Å². The molecule has 2 aliphatic rings. The summed E-state index contributed by atoms with van der Waals surface area (Å²) in [6.07, 6.45) is 0.217. The molecule has 0 unspecified atom stereocenters. The van der Waals surface area contributed by atoms with Gasteiger partial charge in [0.1, 0.15) is 23.1 Å². The molecular weight excluding hydrogens is 406 g/mol. The molecule has 6 nitrogen and oxygen atoms in total. The van der Waals surface area contributed by atoms with Crippen molar-refractivity contribution in [3.63, 3.8) is 0 Å². The zero-order valence-electron chi connectivity index (χ0n) is 17.6. The smallest absolute Gasteiger partial charge is 0.222 e. The predicted octanol–water partition coefficient (Wildman–Crippen LogP) is 2.86. The van der Waals surface area contributed by atoms with Gasteiger partial charge in [0.25, 0.3) is 0 Å². The lowest BCUT2D eigenvalue weighted by Crippen LogP contribution is -2.55. The van der Waals surface area contributed by atoms with Gasteiger partial charge in [-0.1, -0.05) is 12.1 Å². The van der Waals surface area contributed by atoms with Crippen LogP contribution in [-0.2, 0) is 16.1 Å². The Bertz CT molecular complexity index is 928. The number of rotatable bonds is 5. The van der Waals surface area contributed by atoms with Gasteiger partial charge in [0.05, 0.1) is 38.5 Å². The van der Waals surface area contributed by atoms with Crippen LogP contribution in [0.5, 0.6) is 11.5 Å². The van der Waals surface area contributed by atoms with E-state index in [2.05, 4.69) is 5.32 Å². The topological polar surface area (TPSA) is 60.0 Å². The summed E-state index contributed by atoms with van der Waals surface area (Å²) in [5.41, 5.74) is -0.132. The molecule has 2 aliphatic heterocycles. The third-order valence-corrected chi connectivity index (χ3v) is 6.09. The Hall–Kier alpha value is -2.71. The molecule has 0 aromatic heterocycles. The molecule has 4 rings (SSSR count). The quantitative estimate of drug-likeness (QED) is 0.788. The van der Waals surface area contributed by atoms with Crippen LogP contribution in [0.2, 0.25) is 0 Å². The Morgan fingerprint density at radius 2 is 1.77 bits per heavy atom. The van der Waals surface area contributed by atoms with Crippen molar-refractivity contribution in [2.45, 2.75) is 24.4 Å². The number of nitrogens with one attached hydrogen (secondary N) is 1. The number of ether oxygens (including phenoxy) is 3. The van der Waals surface area contributed by atoms with Gasteiger partial charge in [0.15, 0.2) is 0 Å². The average Bonchev–Trinajstić information content (AvgIpc) is 2.96. The second-order valence-corrected chi connectivity index (χ2v) is 8.01. The molecule has 2 saturated heterocycles. The van der Waals surface area contributed by atoms with Crippen molar-refractivity contribution in [2.24, 2.45) is 0 Å². The number of nitrogens with zero attached hydrogens (tertiary/aromatic N) is 1. The van der Waals surface area contributed by atoms with Crippen LogP contribution >= 0.6 is 0 Å². The molecule has 1 spiro atoms. The minimum absolute atomic E-state index is 0.0252. The summed E-state index contributed by atoms with van der Waals surface area (Å²) in [5, 5.41) is 3.03. The molecule has 0 bridgehead atoms. The molecule has 0 aliphatic carbocycles. The Morgan fingerprint density at radius 3 is 2.42 bits per heavy atom. The van der Waals surface area contributed by atoms with E-state index < -0.39 is 23.1 Å². The van der Waals surface area contributed by atoms with Crippen molar-refractivity contribution in [2.75, 3.05) is 40.5 Å². The number of carbonyl (C=O) groups excluding carboxylic acids is 1. The summed E-state index contributed by atoms with van der Waals surface area (Å²) in [6.45, 7) is 1.59. The largest absolute Gasteiger partial charge is 0.496 e. The standard InChI is InChI=1S/C23H26F2N2O4/c1-29-19-7-4-8-20(30-2)15(19)11-27-12-16(22-17(24)5-3-6-18(22)25)23(13-27)14-31-10-9-21(28)26-23/h3-8,16H,9-14H2,1-2H3,(H,26,28)/t16-,23-/m0/s1. The van der Waals surface area contributed by atoms with E-state index in [1.807, 2.05) is 23.1 Å². The third kappa shape index (κ3) is 4.09. The fourth-order valence-electron chi connectivity index (χ4n) is 4.71. The number of amides is 1. The van der Waals surface area contributed by atoms with Gasteiger partial charge in [0, 0.05) is 37.5 Å². The Labute approximate surface area is 180 Å². The van der Waals surface area contributed by atoms with Crippen molar-refractivity contribution in [1.29, 1.82) is 0 Å². The first-order valence-electron chi connectivity index (χ1n) is 10.2. The first kappa shape index (κ1) is 21.5. The molecule has 31 heavy (non-hydrogen) atoms. The maximum absolute atomic E-state index is 14.8. The van der Waals surface area contributed by atoms with Crippen molar-refractivity contribution < 1.29 is 27.8 Å². The molecule has 1 amide bonds. The van der Waals surface area contributed by atoms with Gasteiger partial charge in [-0.25, -0.2) is 8.78 Å². The summed E-state index contributed by atoms with van der Waals surface area (Å²) < 4.78 is 46.3. The van der Waals surface area contributed by atoms with Crippen LogP contribution < -0.4 is 14.8 Å². The first-order chi connectivity index (χ1) is 15.0. The van der Waals surface area contributed by atoms with Gasteiger partial charge >= 0.3 is 0 Å². The molecule has 1 N–H and O–H groups in total. The summed E-state index contributed by atoms with van der Waals surface area (Å²) in [7, 11) is 3.17. The lowest BCUT2D eigenvalue weighted by Gasteiger charge is -2.34. The van der Waals surface area contributed by atoms with E-state index in [4.69, 9.17) is 14.2 Å². The second-order valence-electron chi connectivity index (χ2n) is 8.01.